The van der Waals surface area contributed by atoms with Gasteiger partial charge in [-0.05, 0) is 46.7 Å². The maximum atomic E-state index is 13.2. The van der Waals surface area contributed by atoms with Gasteiger partial charge in [0.15, 0.2) is 0 Å². The molecule has 9 heteroatoms. The SMILES string of the molecule is CC(C)C[C@H](NP(=O)(O)CCc1ccc2ccccc2c1)C(=O)N[C@@H](Cc1c[nH]c2ccccc12)C(=O)O. The highest BCUT2D eigenvalue weighted by atomic mass is 31.2. The predicted octanol–water partition coefficient (Wildman–Crippen LogP) is 4.87. The number of amides is 1. The molecule has 0 saturated carbocycles. The normalized spacial score (nSPS) is 14.8. The van der Waals surface area contributed by atoms with Crippen LogP contribution in [0.15, 0.2) is 72.9 Å². The molecule has 200 valence electrons. The van der Waals surface area contributed by atoms with Gasteiger partial charge in [-0.1, -0.05) is 74.5 Å². The molecule has 8 nitrogen and oxygen atoms in total. The highest BCUT2D eigenvalue weighted by Gasteiger charge is 2.31. The second kappa shape index (κ2) is 11.9. The lowest BCUT2D eigenvalue weighted by Crippen LogP contribution is -2.50. The monoisotopic (exact) mass is 535 g/mol. The first kappa shape index (κ1) is 27.6. The Labute approximate surface area is 222 Å². The molecule has 0 spiro atoms. The van der Waals surface area contributed by atoms with Crippen molar-refractivity contribution in [3.05, 3.63) is 84.1 Å². The van der Waals surface area contributed by atoms with Crippen LogP contribution in [0.1, 0.15) is 31.4 Å². The number of H-pyrrole nitrogens is 1. The molecule has 0 saturated heterocycles. The van der Waals surface area contributed by atoms with E-state index in [0.29, 0.717) is 6.42 Å². The fourth-order valence-corrected chi connectivity index (χ4v) is 6.07. The van der Waals surface area contributed by atoms with Crippen molar-refractivity contribution in [2.24, 2.45) is 5.92 Å². The second-order valence-corrected chi connectivity index (χ2v) is 12.2. The fraction of sp³-hybridized carbons (Fsp3) is 0.310. The van der Waals surface area contributed by atoms with Crippen LogP contribution in [0, 0.1) is 5.92 Å². The average Bonchev–Trinajstić information content (AvgIpc) is 3.29. The van der Waals surface area contributed by atoms with Crippen molar-refractivity contribution in [1.82, 2.24) is 15.4 Å². The van der Waals surface area contributed by atoms with Crippen LogP contribution < -0.4 is 10.4 Å². The van der Waals surface area contributed by atoms with Gasteiger partial charge in [-0.2, -0.15) is 0 Å². The second-order valence-electron chi connectivity index (χ2n) is 10.1. The molecule has 4 rings (SSSR count). The Morgan fingerprint density at radius 3 is 2.42 bits per heavy atom. The molecule has 3 atom stereocenters. The number of carboxylic acids is 1. The van der Waals surface area contributed by atoms with Gasteiger partial charge < -0.3 is 20.3 Å². The number of aromatic amines is 1. The zero-order valence-corrected chi connectivity index (χ0v) is 22.4. The van der Waals surface area contributed by atoms with Crippen molar-refractivity contribution in [3.8, 4) is 0 Å². The minimum absolute atomic E-state index is 0.0376. The molecule has 1 aromatic heterocycles. The molecule has 0 aliphatic rings. The van der Waals surface area contributed by atoms with Crippen molar-refractivity contribution in [2.75, 3.05) is 6.16 Å². The van der Waals surface area contributed by atoms with Gasteiger partial charge in [-0.15, -0.1) is 0 Å². The lowest BCUT2D eigenvalue weighted by molar-refractivity contribution is -0.142. The summed E-state index contributed by atoms with van der Waals surface area (Å²) in [6, 6.07) is 19.2. The smallest absolute Gasteiger partial charge is 0.326 e. The third kappa shape index (κ3) is 7.10. The van der Waals surface area contributed by atoms with E-state index in [1.54, 1.807) is 6.20 Å². The van der Waals surface area contributed by atoms with E-state index in [0.717, 1.165) is 32.8 Å². The number of aryl methyl sites for hydroxylation is 1. The lowest BCUT2D eigenvalue weighted by atomic mass is 10.0. The highest BCUT2D eigenvalue weighted by Crippen LogP contribution is 2.37. The van der Waals surface area contributed by atoms with Gasteiger partial charge in [0, 0.05) is 29.7 Å². The van der Waals surface area contributed by atoms with Gasteiger partial charge in [-0.3, -0.25) is 9.36 Å². The highest BCUT2D eigenvalue weighted by molar-refractivity contribution is 7.55. The van der Waals surface area contributed by atoms with Crippen LogP contribution in [0.5, 0.6) is 0 Å². The van der Waals surface area contributed by atoms with E-state index in [2.05, 4.69) is 15.4 Å². The number of aliphatic carboxylic acids is 1. The minimum Gasteiger partial charge on any atom is -0.480 e. The number of carboxylic acid groups (broad SMARTS) is 1. The van der Waals surface area contributed by atoms with Crippen molar-refractivity contribution in [2.45, 2.75) is 45.2 Å². The van der Waals surface area contributed by atoms with Crippen LogP contribution in [0.2, 0.25) is 0 Å². The van der Waals surface area contributed by atoms with Gasteiger partial charge in [0.1, 0.15) is 6.04 Å². The van der Waals surface area contributed by atoms with Crippen molar-refractivity contribution >= 4 is 41.1 Å². The topological polar surface area (TPSA) is 132 Å². The number of aromatic nitrogens is 1. The Morgan fingerprint density at radius 2 is 1.68 bits per heavy atom. The molecule has 0 fully saturated rings. The molecule has 1 amide bonds. The van der Waals surface area contributed by atoms with Crippen LogP contribution in [0.3, 0.4) is 0 Å². The summed E-state index contributed by atoms with van der Waals surface area (Å²) in [6.07, 6.45) is 2.42. The van der Waals surface area contributed by atoms with Crippen LogP contribution in [-0.2, 0) is 27.0 Å². The Hall–Kier alpha value is -3.45. The van der Waals surface area contributed by atoms with Crippen LogP contribution >= 0.6 is 7.52 Å². The first-order valence-electron chi connectivity index (χ1n) is 12.8. The van der Waals surface area contributed by atoms with Gasteiger partial charge in [0.05, 0.1) is 6.04 Å². The molecule has 0 aliphatic heterocycles. The molecule has 38 heavy (non-hydrogen) atoms. The molecule has 5 N–H and O–H groups in total. The zero-order valence-electron chi connectivity index (χ0n) is 21.6. The Kier molecular flexibility index (Phi) is 8.67. The molecule has 1 unspecified atom stereocenters. The van der Waals surface area contributed by atoms with E-state index < -0.39 is 31.5 Å². The summed E-state index contributed by atoms with van der Waals surface area (Å²) in [6.45, 7) is 3.81. The molecule has 1 heterocycles. The molecule has 3 aromatic carbocycles. The number of benzene rings is 3. The number of nitrogens with one attached hydrogen (secondary N) is 3. The Morgan fingerprint density at radius 1 is 0.974 bits per heavy atom. The summed E-state index contributed by atoms with van der Waals surface area (Å²) < 4.78 is 13.1. The predicted molar refractivity (Wildman–Crippen MR) is 150 cm³/mol. The number of para-hydroxylation sites is 1. The summed E-state index contributed by atoms with van der Waals surface area (Å²) in [7, 11) is -3.90. The summed E-state index contributed by atoms with van der Waals surface area (Å²) in [5, 5.41) is 18.1. The average molecular weight is 536 g/mol. The molecule has 0 radical (unpaired) electrons. The van der Waals surface area contributed by atoms with E-state index in [4.69, 9.17) is 0 Å². The molecular weight excluding hydrogens is 501 g/mol. The number of rotatable bonds is 12. The molecule has 4 aromatic rings. The first-order valence-corrected chi connectivity index (χ1v) is 14.6. The van der Waals surface area contributed by atoms with Crippen LogP contribution in [-0.4, -0.2) is 45.1 Å². The van der Waals surface area contributed by atoms with E-state index in [1.807, 2.05) is 80.6 Å². The van der Waals surface area contributed by atoms with Gasteiger partial charge in [0.2, 0.25) is 5.91 Å². The Bertz CT molecular complexity index is 1480. The van der Waals surface area contributed by atoms with Crippen LogP contribution in [0.25, 0.3) is 21.7 Å². The third-order valence-corrected chi connectivity index (χ3v) is 8.16. The van der Waals surface area contributed by atoms with Crippen molar-refractivity contribution < 1.29 is 24.2 Å². The van der Waals surface area contributed by atoms with Crippen molar-refractivity contribution in [1.29, 1.82) is 0 Å². The minimum atomic E-state index is -3.90. The molecule has 0 bridgehead atoms. The number of carbonyl (C=O) groups excluding carboxylic acids is 1. The van der Waals surface area contributed by atoms with E-state index in [9.17, 15) is 24.2 Å². The maximum Gasteiger partial charge on any atom is 0.326 e. The van der Waals surface area contributed by atoms with Crippen molar-refractivity contribution in [3.63, 3.8) is 0 Å². The van der Waals surface area contributed by atoms with Gasteiger partial charge in [0.25, 0.3) is 7.52 Å². The molecule has 0 aliphatic carbocycles. The number of hydrogen-bond donors (Lipinski definition) is 5. The van der Waals surface area contributed by atoms with Gasteiger partial charge in [-0.25, -0.2) is 9.88 Å². The number of hydrogen-bond acceptors (Lipinski definition) is 3. The van der Waals surface area contributed by atoms with E-state index in [-0.39, 0.29) is 24.9 Å². The van der Waals surface area contributed by atoms with Crippen LogP contribution in [0.4, 0.5) is 0 Å². The quantitative estimate of drug-likeness (QED) is 0.165. The Balaban J connectivity index is 1.43. The zero-order chi connectivity index (χ0) is 27.3. The maximum absolute atomic E-state index is 13.2. The van der Waals surface area contributed by atoms with E-state index in [1.165, 1.54) is 0 Å². The largest absolute Gasteiger partial charge is 0.480 e. The third-order valence-electron chi connectivity index (χ3n) is 6.61. The van der Waals surface area contributed by atoms with Gasteiger partial charge >= 0.3 is 5.97 Å². The van der Waals surface area contributed by atoms with E-state index >= 15 is 0 Å². The lowest BCUT2D eigenvalue weighted by Gasteiger charge is -2.25. The fourth-order valence-electron chi connectivity index (χ4n) is 4.67. The summed E-state index contributed by atoms with van der Waals surface area (Å²) in [4.78, 5) is 39.1. The standard InChI is InChI=1S/C29H34N3O5P/c1-19(2)15-26(32-38(36,37)14-13-20-11-12-21-7-3-4-8-22(21)16-20)28(33)31-27(29(34)35)17-23-18-30-25-10-6-5-9-24(23)25/h3-12,16,18-19,26-27,30H,13-15,17H2,1-2H3,(H,31,33)(H,34,35)(H2,32,36,37)/t26-,27-/m0/s1. The number of carbonyl (C=O) groups is 2. The summed E-state index contributed by atoms with van der Waals surface area (Å²) >= 11 is 0. The summed E-state index contributed by atoms with van der Waals surface area (Å²) in [5.74, 6) is -1.74. The molecular formula is C29H34N3O5P. The summed E-state index contributed by atoms with van der Waals surface area (Å²) in [5.41, 5.74) is 2.57. The first-order chi connectivity index (χ1) is 18.1. The number of fused-ring (bicyclic) bond motifs is 2.